The number of carboxylic acid groups (broad SMARTS) is 1. The molecule has 0 saturated heterocycles. The molecule has 1 atom stereocenters. The minimum atomic E-state index is -1.18. The van der Waals surface area contributed by atoms with Crippen molar-refractivity contribution in [3.63, 3.8) is 0 Å². The summed E-state index contributed by atoms with van der Waals surface area (Å²) >= 11 is 0. The molecule has 0 aliphatic rings. The second-order valence-corrected chi connectivity index (χ2v) is 4.28. The Bertz CT molecular complexity index is 476. The standard InChI is InChI=1S/C13H17N3O4/c14-11(17)6-5-10(13(19)20)16-12(18)7-4-9-3-1-2-8-15-9/h1-3,8,10H,4-7H2,(H2,14,17)(H,16,18)(H,19,20)/t10-/m1/s1. The molecule has 0 saturated carbocycles. The molecule has 0 aliphatic carbocycles. The van der Waals surface area contributed by atoms with Crippen molar-refractivity contribution in [3.05, 3.63) is 30.1 Å². The number of primary amides is 1. The zero-order valence-electron chi connectivity index (χ0n) is 10.9. The molecule has 1 aromatic heterocycles. The first kappa shape index (κ1) is 15.6. The van der Waals surface area contributed by atoms with Gasteiger partial charge in [-0.2, -0.15) is 0 Å². The number of carbonyl (C=O) groups excluding carboxylic acids is 2. The van der Waals surface area contributed by atoms with Gasteiger partial charge in [0.25, 0.3) is 0 Å². The third kappa shape index (κ3) is 5.94. The number of aromatic nitrogens is 1. The van der Waals surface area contributed by atoms with E-state index >= 15 is 0 Å². The van der Waals surface area contributed by atoms with Gasteiger partial charge < -0.3 is 16.2 Å². The molecule has 7 nitrogen and oxygen atoms in total. The number of nitrogens with zero attached hydrogens (tertiary/aromatic N) is 1. The molecule has 1 aromatic rings. The maximum absolute atomic E-state index is 11.7. The van der Waals surface area contributed by atoms with Crippen LogP contribution in [0.4, 0.5) is 0 Å². The van der Waals surface area contributed by atoms with Gasteiger partial charge in [-0.3, -0.25) is 14.6 Å². The van der Waals surface area contributed by atoms with Crippen LogP contribution in [0.1, 0.15) is 25.0 Å². The van der Waals surface area contributed by atoms with Crippen molar-refractivity contribution < 1.29 is 19.5 Å². The second kappa shape index (κ2) is 7.88. The van der Waals surface area contributed by atoms with Gasteiger partial charge in [0.05, 0.1) is 0 Å². The first-order valence-corrected chi connectivity index (χ1v) is 6.19. The van der Waals surface area contributed by atoms with Gasteiger partial charge in [-0.1, -0.05) is 6.07 Å². The number of pyridine rings is 1. The summed E-state index contributed by atoms with van der Waals surface area (Å²) in [5, 5.41) is 11.3. The quantitative estimate of drug-likeness (QED) is 0.610. The average Bonchev–Trinajstić information content (AvgIpc) is 2.41. The van der Waals surface area contributed by atoms with E-state index in [9.17, 15) is 14.4 Å². The smallest absolute Gasteiger partial charge is 0.326 e. The molecule has 20 heavy (non-hydrogen) atoms. The van der Waals surface area contributed by atoms with E-state index in [0.29, 0.717) is 6.42 Å². The zero-order valence-corrected chi connectivity index (χ0v) is 10.9. The number of hydrogen-bond acceptors (Lipinski definition) is 4. The van der Waals surface area contributed by atoms with Crippen molar-refractivity contribution in [3.8, 4) is 0 Å². The number of aliphatic carboxylic acids is 1. The van der Waals surface area contributed by atoms with Crippen molar-refractivity contribution in [2.45, 2.75) is 31.7 Å². The van der Waals surface area contributed by atoms with Crippen LogP contribution in [0.2, 0.25) is 0 Å². The molecule has 1 heterocycles. The summed E-state index contributed by atoms with van der Waals surface area (Å²) in [6.45, 7) is 0. The number of carbonyl (C=O) groups is 3. The molecule has 4 N–H and O–H groups in total. The minimum Gasteiger partial charge on any atom is -0.480 e. The highest BCUT2D eigenvalue weighted by Crippen LogP contribution is 2.01. The van der Waals surface area contributed by atoms with Crippen molar-refractivity contribution in [1.82, 2.24) is 10.3 Å². The van der Waals surface area contributed by atoms with E-state index in [-0.39, 0.29) is 19.3 Å². The maximum Gasteiger partial charge on any atom is 0.326 e. The Morgan fingerprint density at radius 1 is 1.30 bits per heavy atom. The fourth-order valence-electron chi connectivity index (χ4n) is 1.60. The number of hydrogen-bond donors (Lipinski definition) is 3. The molecule has 0 aromatic carbocycles. The van der Waals surface area contributed by atoms with Gasteiger partial charge in [0.1, 0.15) is 6.04 Å². The molecule has 0 bridgehead atoms. The lowest BCUT2D eigenvalue weighted by atomic mass is 10.1. The summed E-state index contributed by atoms with van der Waals surface area (Å²) in [6, 6.07) is 4.27. The fourth-order valence-corrected chi connectivity index (χ4v) is 1.60. The number of carboxylic acids is 1. The molecule has 0 radical (unpaired) electrons. The molecule has 7 heteroatoms. The fraction of sp³-hybridized carbons (Fsp3) is 0.385. The van der Waals surface area contributed by atoms with Crippen molar-refractivity contribution >= 4 is 17.8 Å². The normalized spacial score (nSPS) is 11.6. The number of nitrogens with two attached hydrogens (primary N) is 1. The van der Waals surface area contributed by atoms with Crippen LogP contribution in [0.3, 0.4) is 0 Å². The van der Waals surface area contributed by atoms with Gasteiger partial charge >= 0.3 is 5.97 Å². The van der Waals surface area contributed by atoms with Gasteiger partial charge in [0.2, 0.25) is 11.8 Å². The van der Waals surface area contributed by atoms with Crippen LogP contribution in [0, 0.1) is 0 Å². The molecular weight excluding hydrogens is 262 g/mol. The monoisotopic (exact) mass is 279 g/mol. The van der Waals surface area contributed by atoms with Gasteiger partial charge in [-0.15, -0.1) is 0 Å². The molecule has 0 fully saturated rings. The summed E-state index contributed by atoms with van der Waals surface area (Å²) in [6.07, 6.45) is 2.09. The molecular formula is C13H17N3O4. The summed E-state index contributed by atoms with van der Waals surface area (Å²) in [4.78, 5) is 37.3. The van der Waals surface area contributed by atoms with Crippen LogP contribution in [0.15, 0.2) is 24.4 Å². The number of rotatable bonds is 8. The van der Waals surface area contributed by atoms with Gasteiger partial charge in [-0.05, 0) is 25.0 Å². The topological polar surface area (TPSA) is 122 Å². The van der Waals surface area contributed by atoms with Crippen molar-refractivity contribution in [1.29, 1.82) is 0 Å². The summed E-state index contributed by atoms with van der Waals surface area (Å²) in [5.41, 5.74) is 5.71. The Hall–Kier alpha value is -2.44. The van der Waals surface area contributed by atoms with E-state index in [1.54, 1.807) is 18.3 Å². The lowest BCUT2D eigenvalue weighted by molar-refractivity contribution is -0.142. The van der Waals surface area contributed by atoms with E-state index < -0.39 is 23.8 Å². The van der Waals surface area contributed by atoms with Crippen LogP contribution < -0.4 is 11.1 Å². The second-order valence-electron chi connectivity index (χ2n) is 4.28. The van der Waals surface area contributed by atoms with E-state index in [1.807, 2.05) is 6.07 Å². The first-order chi connectivity index (χ1) is 9.49. The third-order valence-corrected chi connectivity index (χ3v) is 2.65. The highest BCUT2D eigenvalue weighted by atomic mass is 16.4. The lowest BCUT2D eigenvalue weighted by Crippen LogP contribution is -2.41. The highest BCUT2D eigenvalue weighted by Gasteiger charge is 2.20. The van der Waals surface area contributed by atoms with Crippen molar-refractivity contribution in [2.75, 3.05) is 0 Å². The van der Waals surface area contributed by atoms with Crippen LogP contribution in [0.25, 0.3) is 0 Å². The van der Waals surface area contributed by atoms with E-state index in [0.717, 1.165) is 5.69 Å². The van der Waals surface area contributed by atoms with Crippen LogP contribution in [-0.4, -0.2) is 33.9 Å². The van der Waals surface area contributed by atoms with E-state index in [1.165, 1.54) is 0 Å². The Labute approximate surface area is 116 Å². The maximum atomic E-state index is 11.7. The highest BCUT2D eigenvalue weighted by molar-refractivity contribution is 5.84. The Morgan fingerprint density at radius 2 is 2.05 bits per heavy atom. The minimum absolute atomic E-state index is 0.0139. The Balaban J connectivity index is 2.41. The molecule has 0 aliphatic heterocycles. The average molecular weight is 279 g/mol. The first-order valence-electron chi connectivity index (χ1n) is 6.19. The molecule has 1 rings (SSSR count). The number of nitrogens with one attached hydrogen (secondary N) is 1. The summed E-state index contributed by atoms with van der Waals surface area (Å²) < 4.78 is 0. The Kier molecular flexibility index (Phi) is 6.15. The SMILES string of the molecule is NC(=O)CC[C@@H](NC(=O)CCc1ccccn1)C(=O)O. The van der Waals surface area contributed by atoms with Gasteiger partial charge in [0, 0.05) is 24.7 Å². The Morgan fingerprint density at radius 3 is 2.60 bits per heavy atom. The number of amides is 2. The molecule has 2 amide bonds. The lowest BCUT2D eigenvalue weighted by Gasteiger charge is -2.13. The third-order valence-electron chi connectivity index (χ3n) is 2.65. The van der Waals surface area contributed by atoms with Crippen LogP contribution in [0.5, 0.6) is 0 Å². The number of aryl methyl sites for hydroxylation is 1. The van der Waals surface area contributed by atoms with E-state index in [2.05, 4.69) is 10.3 Å². The largest absolute Gasteiger partial charge is 0.480 e. The van der Waals surface area contributed by atoms with Crippen LogP contribution >= 0.6 is 0 Å². The van der Waals surface area contributed by atoms with E-state index in [4.69, 9.17) is 10.8 Å². The predicted molar refractivity (Wildman–Crippen MR) is 70.6 cm³/mol. The molecule has 0 unspecified atom stereocenters. The molecule has 0 spiro atoms. The summed E-state index contributed by atoms with van der Waals surface area (Å²) in [7, 11) is 0. The zero-order chi connectivity index (χ0) is 15.0. The summed E-state index contributed by atoms with van der Waals surface area (Å²) in [5.74, 6) is -2.18. The van der Waals surface area contributed by atoms with Crippen molar-refractivity contribution in [2.24, 2.45) is 5.73 Å². The van der Waals surface area contributed by atoms with Crippen LogP contribution in [-0.2, 0) is 20.8 Å². The van der Waals surface area contributed by atoms with Gasteiger partial charge in [0.15, 0.2) is 0 Å². The predicted octanol–water partition coefficient (Wildman–Crippen LogP) is -0.151. The molecule has 108 valence electrons. The van der Waals surface area contributed by atoms with Gasteiger partial charge in [-0.25, -0.2) is 4.79 Å².